The first-order valence-electron chi connectivity index (χ1n) is 6.83. The Labute approximate surface area is 171 Å². The molecule has 5 nitrogen and oxygen atoms in total. The van der Waals surface area contributed by atoms with E-state index in [0.29, 0.717) is 27.1 Å². The molecule has 2 rings (SSSR count). The van der Waals surface area contributed by atoms with Crippen molar-refractivity contribution in [2.75, 3.05) is 13.7 Å². The molecule has 0 atom stereocenters. The maximum absolute atomic E-state index is 11.8. The van der Waals surface area contributed by atoms with Gasteiger partial charge in [-0.25, -0.2) is 5.43 Å². The van der Waals surface area contributed by atoms with E-state index in [1.165, 1.54) is 12.3 Å². The first kappa shape index (κ1) is 20.0. The summed E-state index contributed by atoms with van der Waals surface area (Å²) in [7, 11) is 1.55. The number of carbonyl (C=O) groups is 1. The van der Waals surface area contributed by atoms with Gasteiger partial charge in [-0.2, -0.15) is 5.10 Å². The van der Waals surface area contributed by atoms with Gasteiger partial charge >= 0.3 is 0 Å². The lowest BCUT2D eigenvalue weighted by Crippen LogP contribution is -2.24. The molecule has 9 heteroatoms. The number of methoxy groups -OCH3 is 1. The van der Waals surface area contributed by atoms with Gasteiger partial charge in [-0.05, 0) is 46.3 Å². The predicted molar refractivity (Wildman–Crippen MR) is 106 cm³/mol. The molecule has 25 heavy (non-hydrogen) atoms. The van der Waals surface area contributed by atoms with Gasteiger partial charge in [0.05, 0.1) is 22.8 Å². The molecule has 1 amide bonds. The van der Waals surface area contributed by atoms with Crippen molar-refractivity contribution < 1.29 is 14.3 Å². The third-order valence-electron chi connectivity index (χ3n) is 2.89. The first-order valence-corrected chi connectivity index (χ1v) is 9.17. The molecule has 0 saturated heterocycles. The van der Waals surface area contributed by atoms with Gasteiger partial charge < -0.3 is 9.47 Å². The van der Waals surface area contributed by atoms with Crippen LogP contribution in [0.5, 0.6) is 11.5 Å². The van der Waals surface area contributed by atoms with Gasteiger partial charge in [0.2, 0.25) is 0 Å². The fraction of sp³-hybridized carbons (Fsp3) is 0.125. The van der Waals surface area contributed by atoms with Gasteiger partial charge in [-0.3, -0.25) is 4.79 Å². The van der Waals surface area contributed by atoms with E-state index < -0.39 is 5.91 Å². The molecule has 0 saturated carbocycles. The fourth-order valence-corrected chi connectivity index (χ4v) is 3.72. The molecule has 132 valence electrons. The molecule has 0 aromatic heterocycles. The van der Waals surface area contributed by atoms with E-state index in [4.69, 9.17) is 32.7 Å². The molecule has 2 aromatic rings. The topological polar surface area (TPSA) is 59.9 Å². The number of carbonyl (C=O) groups excluding carboxylic acids is 1. The molecule has 2 aromatic carbocycles. The Morgan fingerprint density at radius 1 is 1.28 bits per heavy atom. The van der Waals surface area contributed by atoms with Gasteiger partial charge in [0, 0.05) is 15.1 Å². The first-order chi connectivity index (χ1) is 11.9. The Morgan fingerprint density at radius 2 is 2.04 bits per heavy atom. The lowest BCUT2D eigenvalue weighted by atomic mass is 10.2. The Hall–Kier alpha value is -1.28. The number of amides is 1. The highest BCUT2D eigenvalue weighted by atomic mass is 79.9. The zero-order valence-electron chi connectivity index (χ0n) is 12.9. The maximum Gasteiger partial charge on any atom is 0.277 e. The van der Waals surface area contributed by atoms with Crippen LogP contribution >= 0.6 is 55.1 Å². The predicted octanol–water partition coefficient (Wildman–Crippen LogP) is 5.06. The van der Waals surface area contributed by atoms with Gasteiger partial charge in [0.1, 0.15) is 11.5 Å². The number of nitrogens with zero attached hydrogens (tertiary/aromatic N) is 1. The number of benzene rings is 2. The van der Waals surface area contributed by atoms with Crippen molar-refractivity contribution in [1.29, 1.82) is 0 Å². The average Bonchev–Trinajstić information content (AvgIpc) is 2.53. The number of hydrazone groups is 1. The summed E-state index contributed by atoms with van der Waals surface area (Å²) in [6.45, 7) is -0.238. The van der Waals surface area contributed by atoms with Crippen LogP contribution in [-0.2, 0) is 4.79 Å². The van der Waals surface area contributed by atoms with E-state index in [1.807, 2.05) is 12.1 Å². The van der Waals surface area contributed by atoms with Crippen LogP contribution in [0.4, 0.5) is 0 Å². The van der Waals surface area contributed by atoms with Gasteiger partial charge in [-0.1, -0.05) is 39.1 Å². The van der Waals surface area contributed by atoms with Gasteiger partial charge in [0.25, 0.3) is 5.91 Å². The Bertz CT molecular complexity index is 816. The van der Waals surface area contributed by atoms with Crippen LogP contribution in [0, 0.1) is 0 Å². The molecule has 0 aliphatic rings. The highest BCUT2D eigenvalue weighted by Crippen LogP contribution is 2.31. The van der Waals surface area contributed by atoms with Crippen LogP contribution < -0.4 is 14.9 Å². The van der Waals surface area contributed by atoms with E-state index in [1.54, 1.807) is 19.2 Å². The summed E-state index contributed by atoms with van der Waals surface area (Å²) in [6.07, 6.45) is 1.47. The van der Waals surface area contributed by atoms with E-state index in [0.717, 1.165) is 8.95 Å². The Balaban J connectivity index is 1.95. The average molecular weight is 511 g/mol. The third-order valence-corrected chi connectivity index (χ3v) is 4.46. The SMILES string of the molecule is COc1c(Br)cc(Br)cc1/C=N/NC(=O)COc1ccc(Cl)cc1Cl. The van der Waals surface area contributed by atoms with Crippen molar-refractivity contribution in [1.82, 2.24) is 5.43 Å². The third kappa shape index (κ3) is 5.88. The quantitative estimate of drug-likeness (QED) is 0.437. The van der Waals surface area contributed by atoms with Crippen molar-refractivity contribution >= 4 is 67.2 Å². The molecule has 0 unspecified atom stereocenters. The van der Waals surface area contributed by atoms with Crippen LogP contribution in [-0.4, -0.2) is 25.8 Å². The van der Waals surface area contributed by atoms with Crippen LogP contribution in [0.2, 0.25) is 10.0 Å². The molecular weight excluding hydrogens is 499 g/mol. The van der Waals surface area contributed by atoms with E-state index >= 15 is 0 Å². The summed E-state index contributed by atoms with van der Waals surface area (Å²) in [4.78, 5) is 11.8. The summed E-state index contributed by atoms with van der Waals surface area (Å²) in [5.41, 5.74) is 3.06. The molecule has 0 bridgehead atoms. The van der Waals surface area contributed by atoms with Crippen LogP contribution in [0.15, 0.2) is 44.4 Å². The maximum atomic E-state index is 11.8. The summed E-state index contributed by atoms with van der Waals surface area (Å²) >= 11 is 18.5. The molecule has 0 spiro atoms. The molecule has 1 N–H and O–H groups in total. The van der Waals surface area contributed by atoms with Crippen molar-refractivity contribution in [3.8, 4) is 11.5 Å². The Kier molecular flexibility index (Phi) is 7.56. The standard InChI is InChI=1S/C16H12Br2Cl2N2O3/c1-24-16-9(4-10(17)5-12(16)18)7-21-22-15(23)8-25-14-3-2-11(19)6-13(14)20/h2-7H,8H2,1H3,(H,22,23)/b21-7+. The molecule has 0 radical (unpaired) electrons. The summed E-state index contributed by atoms with van der Waals surface area (Å²) in [5.74, 6) is 0.531. The monoisotopic (exact) mass is 508 g/mol. The minimum atomic E-state index is -0.435. The van der Waals surface area contributed by atoms with Crippen LogP contribution in [0.25, 0.3) is 0 Å². The zero-order valence-corrected chi connectivity index (χ0v) is 17.5. The lowest BCUT2D eigenvalue weighted by molar-refractivity contribution is -0.123. The second-order valence-electron chi connectivity index (χ2n) is 4.67. The minimum absolute atomic E-state index is 0.238. The lowest BCUT2D eigenvalue weighted by Gasteiger charge is -2.08. The summed E-state index contributed by atoms with van der Waals surface area (Å²) in [6, 6.07) is 8.40. The number of hydrogen-bond donors (Lipinski definition) is 1. The summed E-state index contributed by atoms with van der Waals surface area (Å²) in [5, 5.41) is 4.71. The fourth-order valence-electron chi connectivity index (χ4n) is 1.83. The number of ether oxygens (including phenoxy) is 2. The molecule has 0 aliphatic heterocycles. The Morgan fingerprint density at radius 3 is 2.72 bits per heavy atom. The smallest absolute Gasteiger partial charge is 0.277 e. The van der Waals surface area contributed by atoms with E-state index in [2.05, 4.69) is 42.4 Å². The zero-order chi connectivity index (χ0) is 18.4. The van der Waals surface area contributed by atoms with Crippen molar-refractivity contribution in [2.24, 2.45) is 5.10 Å². The van der Waals surface area contributed by atoms with Crippen molar-refractivity contribution in [2.45, 2.75) is 0 Å². The molecular formula is C16H12Br2Cl2N2O3. The van der Waals surface area contributed by atoms with Crippen molar-refractivity contribution in [3.63, 3.8) is 0 Å². The number of rotatable bonds is 6. The van der Waals surface area contributed by atoms with Gasteiger partial charge in [0.15, 0.2) is 6.61 Å². The highest BCUT2D eigenvalue weighted by molar-refractivity contribution is 9.11. The second-order valence-corrected chi connectivity index (χ2v) is 7.28. The number of halogens is 4. The number of nitrogens with one attached hydrogen (secondary N) is 1. The second kappa shape index (κ2) is 9.43. The van der Waals surface area contributed by atoms with E-state index in [9.17, 15) is 4.79 Å². The molecule has 0 fully saturated rings. The minimum Gasteiger partial charge on any atom is -0.495 e. The largest absolute Gasteiger partial charge is 0.495 e. The normalized spacial score (nSPS) is 10.8. The van der Waals surface area contributed by atoms with Crippen LogP contribution in [0.3, 0.4) is 0 Å². The van der Waals surface area contributed by atoms with Gasteiger partial charge in [-0.15, -0.1) is 0 Å². The summed E-state index contributed by atoms with van der Waals surface area (Å²) < 4.78 is 12.2. The highest BCUT2D eigenvalue weighted by Gasteiger charge is 2.08. The van der Waals surface area contributed by atoms with E-state index in [-0.39, 0.29) is 6.61 Å². The number of hydrogen-bond acceptors (Lipinski definition) is 4. The molecule has 0 aliphatic carbocycles. The van der Waals surface area contributed by atoms with Crippen molar-refractivity contribution in [3.05, 3.63) is 54.9 Å². The molecule has 0 heterocycles. The van der Waals surface area contributed by atoms with Crippen LogP contribution in [0.1, 0.15) is 5.56 Å².